The summed E-state index contributed by atoms with van der Waals surface area (Å²) in [5.74, 6) is 0.0606. The predicted molar refractivity (Wildman–Crippen MR) is 71.0 cm³/mol. The van der Waals surface area contributed by atoms with Crippen LogP contribution in [0.15, 0.2) is 29.5 Å². The predicted octanol–water partition coefficient (Wildman–Crippen LogP) is 0.810. The van der Waals surface area contributed by atoms with Gasteiger partial charge in [-0.3, -0.25) is 10.3 Å². The SMILES string of the molecule is CN1CCCC1.N#CNC(N)=Nc1cccnc1. The largest absolute Gasteiger partial charge is 0.369 e. The number of aliphatic imine (C=N–C) groups is 1. The van der Waals surface area contributed by atoms with Gasteiger partial charge in [0.1, 0.15) is 0 Å². The molecule has 1 aliphatic heterocycles. The van der Waals surface area contributed by atoms with E-state index in [1.54, 1.807) is 30.7 Å². The third-order valence-electron chi connectivity index (χ3n) is 2.41. The van der Waals surface area contributed by atoms with E-state index in [1.807, 2.05) is 0 Å². The van der Waals surface area contributed by atoms with E-state index in [0.29, 0.717) is 5.69 Å². The van der Waals surface area contributed by atoms with Crippen LogP contribution in [0, 0.1) is 11.5 Å². The Bertz CT molecular complexity index is 402. The maximum Gasteiger partial charge on any atom is 0.207 e. The Morgan fingerprint density at radius 2 is 2.28 bits per heavy atom. The number of nitriles is 1. The number of pyridine rings is 1. The molecule has 0 aromatic carbocycles. The monoisotopic (exact) mass is 246 g/mol. The van der Waals surface area contributed by atoms with Gasteiger partial charge in [0, 0.05) is 6.20 Å². The van der Waals surface area contributed by atoms with Crippen LogP contribution in [0.2, 0.25) is 0 Å². The zero-order valence-electron chi connectivity index (χ0n) is 10.5. The molecule has 0 spiro atoms. The molecule has 0 unspecified atom stereocenters. The molecule has 6 nitrogen and oxygen atoms in total. The van der Waals surface area contributed by atoms with Crippen molar-refractivity contribution in [3.05, 3.63) is 24.5 Å². The van der Waals surface area contributed by atoms with Crippen LogP contribution in [0.3, 0.4) is 0 Å². The van der Waals surface area contributed by atoms with E-state index in [2.05, 4.69) is 27.2 Å². The number of nitrogens with zero attached hydrogens (tertiary/aromatic N) is 4. The van der Waals surface area contributed by atoms with Gasteiger partial charge in [-0.05, 0) is 45.1 Å². The average molecular weight is 246 g/mol. The summed E-state index contributed by atoms with van der Waals surface area (Å²) in [4.78, 5) is 10.0. The Labute approximate surface area is 107 Å². The first-order valence-electron chi connectivity index (χ1n) is 5.80. The summed E-state index contributed by atoms with van der Waals surface area (Å²) >= 11 is 0. The lowest BCUT2D eigenvalue weighted by Gasteiger charge is -2.01. The van der Waals surface area contributed by atoms with Crippen LogP contribution in [0.1, 0.15) is 12.8 Å². The number of aromatic nitrogens is 1. The molecule has 1 aliphatic rings. The van der Waals surface area contributed by atoms with Crippen LogP contribution in [-0.4, -0.2) is 36.0 Å². The summed E-state index contributed by atoms with van der Waals surface area (Å²) in [5, 5.41) is 10.4. The highest BCUT2D eigenvalue weighted by Gasteiger charge is 2.03. The van der Waals surface area contributed by atoms with Crippen molar-refractivity contribution in [3.63, 3.8) is 0 Å². The zero-order valence-corrected chi connectivity index (χ0v) is 10.5. The standard InChI is InChI=1S/C7H7N5.C5H11N/c8-5-11-7(9)12-6-2-1-3-10-4-6;1-6-4-2-3-5-6/h1-4H,(H3,9,11,12);2-5H2,1H3. The first-order valence-corrected chi connectivity index (χ1v) is 5.80. The Morgan fingerprint density at radius 1 is 1.56 bits per heavy atom. The minimum Gasteiger partial charge on any atom is -0.369 e. The molecule has 1 aromatic rings. The van der Waals surface area contributed by atoms with Crippen LogP contribution >= 0.6 is 0 Å². The van der Waals surface area contributed by atoms with Crippen molar-refractivity contribution in [3.8, 4) is 6.19 Å². The molecule has 6 heteroatoms. The van der Waals surface area contributed by atoms with Crippen molar-refractivity contribution < 1.29 is 0 Å². The zero-order chi connectivity index (χ0) is 13.2. The summed E-state index contributed by atoms with van der Waals surface area (Å²) in [6.45, 7) is 2.64. The van der Waals surface area contributed by atoms with Gasteiger partial charge in [0.25, 0.3) is 0 Å². The third-order valence-corrected chi connectivity index (χ3v) is 2.41. The molecule has 0 bridgehead atoms. The first-order chi connectivity index (χ1) is 8.72. The summed E-state index contributed by atoms with van der Waals surface area (Å²) in [6, 6.07) is 3.47. The molecule has 96 valence electrons. The molecule has 1 fully saturated rings. The molecule has 0 saturated carbocycles. The van der Waals surface area contributed by atoms with Gasteiger partial charge in [-0.15, -0.1) is 0 Å². The second kappa shape index (κ2) is 8.03. The van der Waals surface area contributed by atoms with Gasteiger partial charge in [-0.2, -0.15) is 5.26 Å². The lowest BCUT2D eigenvalue weighted by atomic mass is 10.4. The molecule has 0 atom stereocenters. The van der Waals surface area contributed by atoms with Gasteiger partial charge in [0.2, 0.25) is 5.96 Å². The smallest absolute Gasteiger partial charge is 0.207 e. The molecule has 1 saturated heterocycles. The van der Waals surface area contributed by atoms with Gasteiger partial charge < -0.3 is 10.6 Å². The van der Waals surface area contributed by atoms with Crippen LogP contribution in [-0.2, 0) is 0 Å². The molecule has 0 amide bonds. The van der Waals surface area contributed by atoms with Crippen LogP contribution < -0.4 is 11.1 Å². The van der Waals surface area contributed by atoms with E-state index < -0.39 is 0 Å². The maximum absolute atomic E-state index is 8.18. The lowest BCUT2D eigenvalue weighted by molar-refractivity contribution is 0.418. The van der Waals surface area contributed by atoms with Gasteiger partial charge in [-0.1, -0.05) is 0 Å². The molecule has 1 aromatic heterocycles. The highest BCUT2D eigenvalue weighted by atomic mass is 15.1. The first kappa shape index (κ1) is 13.9. The van der Waals surface area contributed by atoms with Gasteiger partial charge in [0.15, 0.2) is 6.19 Å². The van der Waals surface area contributed by atoms with E-state index in [4.69, 9.17) is 11.0 Å². The Balaban J connectivity index is 0.000000225. The summed E-state index contributed by atoms with van der Waals surface area (Å²) < 4.78 is 0. The Hall–Kier alpha value is -2.13. The van der Waals surface area contributed by atoms with Gasteiger partial charge in [-0.25, -0.2) is 4.99 Å². The fourth-order valence-electron chi connectivity index (χ4n) is 1.52. The van der Waals surface area contributed by atoms with Crippen LogP contribution in [0.25, 0.3) is 0 Å². The van der Waals surface area contributed by atoms with E-state index in [1.165, 1.54) is 25.9 Å². The summed E-state index contributed by atoms with van der Waals surface area (Å²) in [5.41, 5.74) is 5.91. The average Bonchev–Trinajstić information content (AvgIpc) is 2.83. The van der Waals surface area contributed by atoms with Crippen LogP contribution in [0.4, 0.5) is 5.69 Å². The fraction of sp³-hybridized carbons (Fsp3) is 0.417. The Kier molecular flexibility index (Phi) is 6.22. The van der Waals surface area contributed by atoms with Crippen LogP contribution in [0.5, 0.6) is 0 Å². The van der Waals surface area contributed by atoms with Gasteiger partial charge in [0.05, 0.1) is 11.9 Å². The minimum absolute atomic E-state index is 0.0606. The van der Waals surface area contributed by atoms with E-state index in [-0.39, 0.29) is 5.96 Å². The molecular weight excluding hydrogens is 228 g/mol. The molecule has 3 N–H and O–H groups in total. The second-order valence-corrected chi connectivity index (χ2v) is 3.96. The number of hydrogen-bond donors (Lipinski definition) is 2. The molecular formula is C12H18N6. The molecule has 0 radical (unpaired) electrons. The highest BCUT2D eigenvalue weighted by molar-refractivity contribution is 5.81. The molecule has 2 rings (SSSR count). The number of nitrogens with two attached hydrogens (primary N) is 1. The number of guanidine groups is 1. The normalized spacial score (nSPS) is 15.4. The summed E-state index contributed by atoms with van der Waals surface area (Å²) in [6.07, 6.45) is 7.67. The molecule has 2 heterocycles. The van der Waals surface area contributed by atoms with Crippen molar-refractivity contribution in [1.82, 2.24) is 15.2 Å². The fourth-order valence-corrected chi connectivity index (χ4v) is 1.52. The third kappa shape index (κ3) is 5.82. The summed E-state index contributed by atoms with van der Waals surface area (Å²) in [7, 11) is 2.17. The van der Waals surface area contributed by atoms with E-state index >= 15 is 0 Å². The number of nitrogens with one attached hydrogen (secondary N) is 1. The van der Waals surface area contributed by atoms with Crippen molar-refractivity contribution in [1.29, 1.82) is 5.26 Å². The quantitative estimate of drug-likeness (QED) is 0.331. The topological polar surface area (TPSA) is 90.3 Å². The molecule has 18 heavy (non-hydrogen) atoms. The maximum atomic E-state index is 8.18. The van der Waals surface area contributed by atoms with Crippen molar-refractivity contribution >= 4 is 11.6 Å². The Morgan fingerprint density at radius 3 is 2.72 bits per heavy atom. The second-order valence-electron chi connectivity index (χ2n) is 3.96. The molecule has 0 aliphatic carbocycles. The van der Waals surface area contributed by atoms with E-state index in [0.717, 1.165) is 0 Å². The number of hydrogen-bond acceptors (Lipinski definition) is 4. The van der Waals surface area contributed by atoms with E-state index in [9.17, 15) is 0 Å². The highest BCUT2D eigenvalue weighted by Crippen LogP contribution is 2.06. The van der Waals surface area contributed by atoms with Crippen molar-refractivity contribution in [2.45, 2.75) is 12.8 Å². The van der Waals surface area contributed by atoms with Gasteiger partial charge >= 0.3 is 0 Å². The number of rotatable bonds is 1. The lowest BCUT2D eigenvalue weighted by Crippen LogP contribution is -2.26. The van der Waals surface area contributed by atoms with Crippen molar-refractivity contribution in [2.24, 2.45) is 10.7 Å². The number of likely N-dealkylation sites (tertiary alicyclic amines) is 1. The van der Waals surface area contributed by atoms with Crippen molar-refractivity contribution in [2.75, 3.05) is 20.1 Å². The minimum atomic E-state index is 0.0606.